The number of nitrogens with one attached hydrogen (secondary N) is 1. The summed E-state index contributed by atoms with van der Waals surface area (Å²) in [6.07, 6.45) is 3.08. The van der Waals surface area contributed by atoms with Gasteiger partial charge in [-0.2, -0.15) is 5.10 Å². The van der Waals surface area contributed by atoms with E-state index in [0.717, 1.165) is 11.4 Å². The normalized spacial score (nSPS) is 21.5. The molecule has 1 atom stereocenters. The predicted molar refractivity (Wildman–Crippen MR) is 69.5 cm³/mol. The Hall–Kier alpha value is -1.28. The van der Waals surface area contributed by atoms with Crippen molar-refractivity contribution in [2.75, 3.05) is 0 Å². The van der Waals surface area contributed by atoms with Crippen LogP contribution in [0.5, 0.6) is 0 Å². The maximum Gasteiger partial charge on any atom is 0.0528 e. The first kappa shape index (κ1) is 10.8. The van der Waals surface area contributed by atoms with Crippen LogP contribution < -0.4 is 0 Å². The van der Waals surface area contributed by atoms with Crippen LogP contribution in [-0.4, -0.2) is 10.2 Å². The minimum atomic E-state index is 0.177. The third-order valence-corrected chi connectivity index (χ3v) is 3.96. The molecule has 1 aromatic heterocycles. The minimum Gasteiger partial charge on any atom is -0.282 e. The van der Waals surface area contributed by atoms with Crippen molar-refractivity contribution in [3.63, 3.8) is 0 Å². The number of aromatic nitrogens is 2. The van der Waals surface area contributed by atoms with Crippen LogP contribution >= 0.6 is 11.6 Å². The van der Waals surface area contributed by atoms with Gasteiger partial charge in [-0.3, -0.25) is 5.10 Å². The molecule has 0 fully saturated rings. The van der Waals surface area contributed by atoms with Crippen LogP contribution in [0.1, 0.15) is 43.0 Å². The van der Waals surface area contributed by atoms with Gasteiger partial charge in [-0.25, -0.2) is 0 Å². The molecular formula is C14H15ClN2. The summed E-state index contributed by atoms with van der Waals surface area (Å²) < 4.78 is 0. The number of fused-ring (bicyclic) bond motifs is 1. The Balaban J connectivity index is 2.05. The number of benzene rings is 1. The quantitative estimate of drug-likeness (QED) is 0.813. The fourth-order valence-corrected chi connectivity index (χ4v) is 2.94. The molecule has 1 aromatic carbocycles. The van der Waals surface area contributed by atoms with E-state index in [1.165, 1.54) is 16.8 Å². The Kier molecular flexibility index (Phi) is 2.30. The first-order valence-electron chi connectivity index (χ1n) is 5.87. The maximum absolute atomic E-state index is 5.93. The second-order valence-corrected chi connectivity index (χ2v) is 5.83. The molecule has 1 unspecified atom stereocenters. The van der Waals surface area contributed by atoms with Gasteiger partial charge in [0.25, 0.3) is 0 Å². The highest BCUT2D eigenvalue weighted by Crippen LogP contribution is 2.47. The summed E-state index contributed by atoms with van der Waals surface area (Å²) in [5.74, 6) is 0.441. The van der Waals surface area contributed by atoms with Gasteiger partial charge in [0, 0.05) is 27.6 Å². The van der Waals surface area contributed by atoms with Gasteiger partial charge in [-0.15, -0.1) is 0 Å². The largest absolute Gasteiger partial charge is 0.282 e. The monoisotopic (exact) mass is 246 g/mol. The van der Waals surface area contributed by atoms with E-state index >= 15 is 0 Å². The molecular weight excluding hydrogens is 232 g/mol. The van der Waals surface area contributed by atoms with Gasteiger partial charge in [0.05, 0.1) is 6.20 Å². The number of halogens is 1. The Morgan fingerprint density at radius 2 is 2.00 bits per heavy atom. The zero-order valence-electron chi connectivity index (χ0n) is 10.00. The third-order valence-electron chi connectivity index (χ3n) is 3.71. The maximum atomic E-state index is 5.93. The smallest absolute Gasteiger partial charge is 0.0528 e. The molecule has 2 nitrogen and oxygen atoms in total. The summed E-state index contributed by atoms with van der Waals surface area (Å²) in [5, 5.41) is 8.11. The first-order valence-corrected chi connectivity index (χ1v) is 6.25. The van der Waals surface area contributed by atoms with E-state index in [4.69, 9.17) is 11.6 Å². The highest BCUT2D eigenvalue weighted by Gasteiger charge is 2.39. The lowest BCUT2D eigenvalue weighted by atomic mass is 9.87. The molecule has 0 radical (unpaired) electrons. The van der Waals surface area contributed by atoms with Gasteiger partial charge < -0.3 is 0 Å². The van der Waals surface area contributed by atoms with E-state index < -0.39 is 0 Å². The van der Waals surface area contributed by atoms with Crippen molar-refractivity contribution in [1.29, 1.82) is 0 Å². The van der Waals surface area contributed by atoms with E-state index in [1.807, 2.05) is 18.3 Å². The van der Waals surface area contributed by atoms with Gasteiger partial charge in [0.2, 0.25) is 0 Å². The summed E-state index contributed by atoms with van der Waals surface area (Å²) in [5.41, 5.74) is 4.10. The molecule has 0 saturated heterocycles. The summed E-state index contributed by atoms with van der Waals surface area (Å²) in [6.45, 7) is 4.53. The molecule has 1 aliphatic rings. The number of H-pyrrole nitrogens is 1. The van der Waals surface area contributed by atoms with Crippen molar-refractivity contribution in [3.8, 4) is 0 Å². The van der Waals surface area contributed by atoms with E-state index in [-0.39, 0.29) is 5.41 Å². The average molecular weight is 247 g/mol. The molecule has 17 heavy (non-hydrogen) atoms. The molecule has 2 aromatic rings. The van der Waals surface area contributed by atoms with Crippen molar-refractivity contribution in [3.05, 3.63) is 52.3 Å². The van der Waals surface area contributed by atoms with Crippen LogP contribution in [0.3, 0.4) is 0 Å². The zero-order valence-corrected chi connectivity index (χ0v) is 10.8. The number of rotatable bonds is 1. The average Bonchev–Trinajstić information content (AvgIpc) is 2.84. The van der Waals surface area contributed by atoms with E-state index in [9.17, 15) is 0 Å². The van der Waals surface area contributed by atoms with Crippen LogP contribution in [0.25, 0.3) is 0 Å². The fourth-order valence-electron chi connectivity index (χ4n) is 2.82. The van der Waals surface area contributed by atoms with E-state index in [0.29, 0.717) is 5.92 Å². The van der Waals surface area contributed by atoms with Crippen molar-refractivity contribution >= 4 is 11.6 Å². The Labute approximate surface area is 106 Å². The lowest BCUT2D eigenvalue weighted by Gasteiger charge is -2.18. The molecule has 0 bridgehead atoms. The third kappa shape index (κ3) is 1.67. The van der Waals surface area contributed by atoms with Crippen molar-refractivity contribution in [2.45, 2.75) is 31.6 Å². The number of hydrogen-bond donors (Lipinski definition) is 1. The van der Waals surface area contributed by atoms with Crippen LogP contribution in [0.2, 0.25) is 5.02 Å². The van der Waals surface area contributed by atoms with Gasteiger partial charge in [-0.1, -0.05) is 37.6 Å². The van der Waals surface area contributed by atoms with Crippen molar-refractivity contribution in [2.24, 2.45) is 0 Å². The molecule has 1 heterocycles. The Morgan fingerprint density at radius 3 is 2.71 bits per heavy atom. The molecule has 0 amide bonds. The molecule has 3 heteroatoms. The summed E-state index contributed by atoms with van der Waals surface area (Å²) >= 11 is 5.93. The first-order chi connectivity index (χ1) is 8.08. The zero-order chi connectivity index (χ0) is 12.0. The molecule has 0 aliphatic heterocycles. The second-order valence-electron chi connectivity index (χ2n) is 5.39. The minimum absolute atomic E-state index is 0.177. The van der Waals surface area contributed by atoms with Crippen LogP contribution in [0.4, 0.5) is 0 Å². The van der Waals surface area contributed by atoms with Crippen LogP contribution in [0.15, 0.2) is 30.5 Å². The summed E-state index contributed by atoms with van der Waals surface area (Å²) in [4.78, 5) is 0. The highest BCUT2D eigenvalue weighted by atomic mass is 35.5. The Bertz CT molecular complexity index is 540. The number of nitrogens with zero attached hydrogens (tertiary/aromatic N) is 1. The van der Waals surface area contributed by atoms with Gasteiger partial charge >= 0.3 is 0 Å². The van der Waals surface area contributed by atoms with Crippen LogP contribution in [-0.2, 0) is 5.41 Å². The SMILES string of the molecule is CC1(C)CC(c2ccc(Cl)cc2)c2cn[nH]c21. The molecule has 3 rings (SSSR count). The molecule has 88 valence electrons. The summed E-state index contributed by atoms with van der Waals surface area (Å²) in [6, 6.07) is 8.15. The highest BCUT2D eigenvalue weighted by molar-refractivity contribution is 6.30. The second kappa shape index (κ2) is 3.61. The van der Waals surface area contributed by atoms with Gasteiger partial charge in [-0.05, 0) is 24.1 Å². The van der Waals surface area contributed by atoms with Crippen molar-refractivity contribution < 1.29 is 0 Å². The molecule has 1 N–H and O–H groups in total. The fraction of sp³-hybridized carbons (Fsp3) is 0.357. The lowest BCUT2D eigenvalue weighted by Crippen LogP contribution is -2.14. The van der Waals surface area contributed by atoms with Crippen LogP contribution in [0, 0.1) is 0 Å². The van der Waals surface area contributed by atoms with E-state index in [1.54, 1.807) is 0 Å². The molecule has 0 saturated carbocycles. The standard InChI is InChI=1S/C14H15ClN2/c1-14(2)7-11(12-8-16-17-13(12)14)9-3-5-10(15)6-4-9/h3-6,8,11H,7H2,1-2H3,(H,16,17). The van der Waals surface area contributed by atoms with Gasteiger partial charge in [0.1, 0.15) is 0 Å². The number of aromatic amines is 1. The lowest BCUT2D eigenvalue weighted by molar-refractivity contribution is 0.483. The molecule has 1 aliphatic carbocycles. The van der Waals surface area contributed by atoms with Gasteiger partial charge in [0.15, 0.2) is 0 Å². The predicted octanol–water partition coefficient (Wildman–Crippen LogP) is 3.88. The Morgan fingerprint density at radius 1 is 1.29 bits per heavy atom. The van der Waals surface area contributed by atoms with Crippen molar-refractivity contribution in [1.82, 2.24) is 10.2 Å². The number of hydrogen-bond acceptors (Lipinski definition) is 1. The molecule has 0 spiro atoms. The topological polar surface area (TPSA) is 28.7 Å². The van der Waals surface area contributed by atoms with E-state index in [2.05, 4.69) is 36.2 Å². The summed E-state index contributed by atoms with van der Waals surface area (Å²) in [7, 11) is 0.